The first kappa shape index (κ1) is 23.7. The van der Waals surface area contributed by atoms with Crippen LogP contribution in [0.3, 0.4) is 0 Å². The lowest BCUT2D eigenvalue weighted by molar-refractivity contribution is -0.274. The Morgan fingerprint density at radius 2 is 1.77 bits per heavy atom. The van der Waals surface area contributed by atoms with E-state index in [-0.39, 0.29) is 18.3 Å². The van der Waals surface area contributed by atoms with Gasteiger partial charge in [-0.05, 0) is 54.3 Å². The molecule has 0 fully saturated rings. The molecule has 0 saturated heterocycles. The van der Waals surface area contributed by atoms with Crippen molar-refractivity contribution in [2.75, 3.05) is 0 Å². The van der Waals surface area contributed by atoms with Gasteiger partial charge in [0, 0.05) is 28.4 Å². The van der Waals surface area contributed by atoms with Crippen LogP contribution in [0.2, 0.25) is 0 Å². The molecule has 1 amide bonds. The second kappa shape index (κ2) is 10.3. The SMILES string of the molecule is Cc1cc(C(=O)N/N=C/c2ccc(OCc3ccc(OC(F)(F)F)cc3)c3ccccc23)ccn1. The summed E-state index contributed by atoms with van der Waals surface area (Å²) in [5.41, 5.74) is 5.15. The molecule has 0 spiro atoms. The van der Waals surface area contributed by atoms with E-state index in [9.17, 15) is 18.0 Å². The number of benzene rings is 3. The highest BCUT2D eigenvalue weighted by Crippen LogP contribution is 2.29. The van der Waals surface area contributed by atoms with Gasteiger partial charge in [-0.1, -0.05) is 36.4 Å². The molecule has 0 atom stereocenters. The Hall–Kier alpha value is -4.40. The monoisotopic (exact) mass is 479 g/mol. The number of carbonyl (C=O) groups is 1. The molecule has 0 aliphatic rings. The number of aryl methyl sites for hydroxylation is 1. The van der Waals surface area contributed by atoms with Crippen LogP contribution in [0.5, 0.6) is 11.5 Å². The van der Waals surface area contributed by atoms with Crippen LogP contribution in [-0.2, 0) is 6.61 Å². The average molecular weight is 479 g/mol. The van der Waals surface area contributed by atoms with E-state index in [4.69, 9.17) is 4.74 Å². The van der Waals surface area contributed by atoms with E-state index >= 15 is 0 Å². The van der Waals surface area contributed by atoms with Crippen molar-refractivity contribution in [1.29, 1.82) is 0 Å². The first-order valence-electron chi connectivity index (χ1n) is 10.5. The number of fused-ring (bicyclic) bond motifs is 1. The van der Waals surface area contributed by atoms with E-state index in [2.05, 4.69) is 20.2 Å². The maximum absolute atomic E-state index is 12.3. The number of pyridine rings is 1. The van der Waals surface area contributed by atoms with Crippen LogP contribution >= 0.6 is 0 Å². The summed E-state index contributed by atoms with van der Waals surface area (Å²) in [6.45, 7) is 1.96. The van der Waals surface area contributed by atoms with E-state index in [1.807, 2.05) is 30.3 Å². The quantitative estimate of drug-likeness (QED) is 0.269. The summed E-state index contributed by atoms with van der Waals surface area (Å²) in [4.78, 5) is 16.3. The number of nitrogens with one attached hydrogen (secondary N) is 1. The van der Waals surface area contributed by atoms with Crippen molar-refractivity contribution in [1.82, 2.24) is 10.4 Å². The van der Waals surface area contributed by atoms with Crippen molar-refractivity contribution >= 4 is 22.9 Å². The van der Waals surface area contributed by atoms with Crippen LogP contribution in [-0.4, -0.2) is 23.5 Å². The van der Waals surface area contributed by atoms with E-state index in [0.29, 0.717) is 16.9 Å². The number of aromatic nitrogens is 1. The third-order valence-electron chi connectivity index (χ3n) is 5.00. The molecule has 0 saturated carbocycles. The lowest BCUT2D eigenvalue weighted by Gasteiger charge is -2.12. The molecular weight excluding hydrogens is 459 g/mol. The summed E-state index contributed by atoms with van der Waals surface area (Å²) in [5, 5.41) is 5.76. The summed E-state index contributed by atoms with van der Waals surface area (Å²) in [6, 6.07) is 19.9. The highest BCUT2D eigenvalue weighted by molar-refractivity contribution is 6.03. The predicted octanol–water partition coefficient (Wildman–Crippen LogP) is 5.78. The zero-order valence-electron chi connectivity index (χ0n) is 18.5. The van der Waals surface area contributed by atoms with Gasteiger partial charge in [0.2, 0.25) is 0 Å². The highest BCUT2D eigenvalue weighted by Gasteiger charge is 2.30. The maximum atomic E-state index is 12.3. The average Bonchev–Trinajstić information content (AvgIpc) is 2.83. The van der Waals surface area contributed by atoms with Crippen molar-refractivity contribution in [2.24, 2.45) is 5.10 Å². The van der Waals surface area contributed by atoms with Gasteiger partial charge >= 0.3 is 6.36 Å². The van der Waals surface area contributed by atoms with Gasteiger partial charge in [0.15, 0.2) is 0 Å². The second-order valence-corrected chi connectivity index (χ2v) is 7.56. The number of alkyl halides is 3. The Balaban J connectivity index is 1.46. The molecule has 0 radical (unpaired) electrons. The number of halogens is 3. The molecule has 35 heavy (non-hydrogen) atoms. The molecule has 0 aliphatic heterocycles. The fraction of sp³-hybridized carbons (Fsp3) is 0.115. The number of ether oxygens (including phenoxy) is 2. The van der Waals surface area contributed by atoms with Crippen molar-refractivity contribution in [2.45, 2.75) is 19.9 Å². The zero-order valence-corrected chi connectivity index (χ0v) is 18.5. The molecule has 1 heterocycles. The molecule has 0 unspecified atom stereocenters. The minimum Gasteiger partial charge on any atom is -0.488 e. The lowest BCUT2D eigenvalue weighted by Crippen LogP contribution is -2.17. The van der Waals surface area contributed by atoms with E-state index < -0.39 is 6.36 Å². The Bertz CT molecular complexity index is 1370. The van der Waals surface area contributed by atoms with Gasteiger partial charge < -0.3 is 9.47 Å². The van der Waals surface area contributed by atoms with Crippen LogP contribution in [0.1, 0.15) is 27.2 Å². The van der Waals surface area contributed by atoms with Crippen molar-refractivity contribution in [3.63, 3.8) is 0 Å². The van der Waals surface area contributed by atoms with Crippen LogP contribution in [0.25, 0.3) is 10.8 Å². The molecule has 178 valence electrons. The summed E-state index contributed by atoms with van der Waals surface area (Å²) in [6.07, 6.45) is -1.62. The molecule has 0 bridgehead atoms. The number of hydrogen-bond acceptors (Lipinski definition) is 5. The molecule has 4 rings (SSSR count). The summed E-state index contributed by atoms with van der Waals surface area (Å²) in [7, 11) is 0. The van der Waals surface area contributed by atoms with Crippen molar-refractivity contribution < 1.29 is 27.4 Å². The van der Waals surface area contributed by atoms with Crippen LogP contribution in [0.15, 0.2) is 84.1 Å². The number of nitrogens with zero attached hydrogens (tertiary/aromatic N) is 2. The molecule has 9 heteroatoms. The number of carbonyl (C=O) groups excluding carboxylic acids is 1. The van der Waals surface area contributed by atoms with Crippen LogP contribution < -0.4 is 14.9 Å². The van der Waals surface area contributed by atoms with E-state index in [1.165, 1.54) is 24.3 Å². The minimum absolute atomic E-state index is 0.158. The Morgan fingerprint density at radius 3 is 2.49 bits per heavy atom. The molecule has 6 nitrogen and oxygen atoms in total. The summed E-state index contributed by atoms with van der Waals surface area (Å²) in [5.74, 6) is -0.0335. The van der Waals surface area contributed by atoms with Crippen LogP contribution in [0.4, 0.5) is 13.2 Å². The summed E-state index contributed by atoms with van der Waals surface area (Å²) < 4.78 is 46.8. The largest absolute Gasteiger partial charge is 0.573 e. The standard InChI is InChI=1S/C26H20F3N3O3/c1-17-14-19(12-13-30-17)25(33)32-31-15-20-8-11-24(23-5-3-2-4-22(20)23)34-16-18-6-9-21(10-7-18)35-26(27,28)29/h2-15H,16H2,1H3,(H,32,33)/b31-15+. The normalized spacial score (nSPS) is 11.5. The summed E-state index contributed by atoms with van der Waals surface area (Å²) >= 11 is 0. The van der Waals surface area contributed by atoms with Gasteiger partial charge in [-0.2, -0.15) is 5.10 Å². The predicted molar refractivity (Wildman–Crippen MR) is 125 cm³/mol. The van der Waals surface area contributed by atoms with Crippen molar-refractivity contribution in [3.05, 3.63) is 101 Å². The van der Waals surface area contributed by atoms with Gasteiger partial charge in [-0.15, -0.1) is 13.2 Å². The smallest absolute Gasteiger partial charge is 0.488 e. The number of rotatable bonds is 7. The Labute approximate surface area is 199 Å². The number of hydrogen-bond donors (Lipinski definition) is 1. The van der Waals surface area contributed by atoms with Gasteiger partial charge in [-0.25, -0.2) is 5.43 Å². The molecule has 4 aromatic rings. The molecule has 0 aliphatic carbocycles. The highest BCUT2D eigenvalue weighted by atomic mass is 19.4. The maximum Gasteiger partial charge on any atom is 0.573 e. The second-order valence-electron chi connectivity index (χ2n) is 7.56. The minimum atomic E-state index is -4.73. The molecule has 1 aromatic heterocycles. The van der Waals surface area contributed by atoms with Crippen molar-refractivity contribution in [3.8, 4) is 11.5 Å². The molecule has 1 N–H and O–H groups in total. The van der Waals surface area contributed by atoms with Gasteiger partial charge in [0.1, 0.15) is 18.1 Å². The van der Waals surface area contributed by atoms with Crippen LogP contribution in [0, 0.1) is 6.92 Å². The topological polar surface area (TPSA) is 72.8 Å². The Kier molecular flexibility index (Phi) is 6.96. The van der Waals surface area contributed by atoms with E-state index in [0.717, 1.165) is 22.0 Å². The number of amides is 1. The van der Waals surface area contributed by atoms with Gasteiger partial charge in [0.25, 0.3) is 5.91 Å². The fourth-order valence-corrected chi connectivity index (χ4v) is 3.39. The Morgan fingerprint density at radius 1 is 1.03 bits per heavy atom. The fourth-order valence-electron chi connectivity index (χ4n) is 3.39. The first-order valence-corrected chi connectivity index (χ1v) is 10.5. The van der Waals surface area contributed by atoms with Gasteiger partial charge in [0.05, 0.1) is 6.21 Å². The third kappa shape index (κ3) is 6.35. The van der Waals surface area contributed by atoms with E-state index in [1.54, 1.807) is 37.5 Å². The molecular formula is C26H20F3N3O3. The first-order chi connectivity index (χ1) is 16.8. The van der Waals surface area contributed by atoms with Gasteiger partial charge in [-0.3, -0.25) is 9.78 Å². The molecule has 3 aromatic carbocycles. The third-order valence-corrected chi connectivity index (χ3v) is 5.00. The lowest BCUT2D eigenvalue weighted by atomic mass is 10.0. The zero-order chi connectivity index (χ0) is 24.8. The number of hydrazone groups is 1.